The lowest BCUT2D eigenvalue weighted by Crippen LogP contribution is -2.10. The predicted molar refractivity (Wildman–Crippen MR) is 190 cm³/mol. The highest BCUT2D eigenvalue weighted by atomic mass is 79.9. The molecule has 0 aliphatic carbocycles. The highest BCUT2D eigenvalue weighted by Gasteiger charge is 2.15. The van der Waals surface area contributed by atoms with Crippen LogP contribution < -0.4 is 4.90 Å². The van der Waals surface area contributed by atoms with Crippen molar-refractivity contribution in [3.8, 4) is 33.4 Å². The maximum Gasteiger partial charge on any atom is 0.0467 e. The molecular weight excluding hydrogens is 586 g/mol. The molecule has 0 aliphatic rings. The number of nitrogens with zero attached hydrogens (tertiary/aromatic N) is 1. The monoisotopic (exact) mass is 619 g/mol. The van der Waals surface area contributed by atoms with E-state index in [0.717, 1.165) is 21.5 Å². The lowest BCUT2D eigenvalue weighted by atomic mass is 10.0. The molecule has 0 aliphatic heterocycles. The maximum atomic E-state index is 3.54. The second-order valence-electron chi connectivity index (χ2n) is 9.98. The van der Waals surface area contributed by atoms with E-state index in [-0.39, 0.29) is 0 Å². The molecule has 6 rings (SSSR count). The van der Waals surface area contributed by atoms with Gasteiger partial charge in [0.2, 0.25) is 0 Å². The van der Waals surface area contributed by atoms with Gasteiger partial charge in [-0.1, -0.05) is 150 Å². The van der Waals surface area contributed by atoms with E-state index in [1.54, 1.807) is 6.08 Å². The summed E-state index contributed by atoms with van der Waals surface area (Å²) in [5, 5.41) is 0. The van der Waals surface area contributed by atoms with Gasteiger partial charge in [0, 0.05) is 21.5 Å². The van der Waals surface area contributed by atoms with Crippen molar-refractivity contribution >= 4 is 33.0 Å². The Labute approximate surface area is 264 Å². The number of hydrogen-bond acceptors (Lipinski definition) is 1. The van der Waals surface area contributed by atoms with E-state index in [1.165, 1.54) is 33.4 Å². The van der Waals surface area contributed by atoms with Crippen LogP contribution >= 0.6 is 15.9 Å². The fourth-order valence-electron chi connectivity index (χ4n) is 4.94. The van der Waals surface area contributed by atoms with Crippen molar-refractivity contribution < 1.29 is 0 Å². The molecule has 43 heavy (non-hydrogen) atoms. The van der Waals surface area contributed by atoms with Crippen molar-refractivity contribution in [3.05, 3.63) is 187 Å². The summed E-state index contributed by atoms with van der Waals surface area (Å²) >= 11 is 3.54. The van der Waals surface area contributed by atoms with E-state index < -0.39 is 0 Å². The summed E-state index contributed by atoms with van der Waals surface area (Å²) in [7, 11) is 0. The zero-order valence-electron chi connectivity index (χ0n) is 24.3. The highest BCUT2D eigenvalue weighted by molar-refractivity contribution is 9.10. The molecule has 6 aromatic carbocycles. The van der Waals surface area contributed by atoms with Crippen LogP contribution in [0, 0.1) is 0 Å². The molecule has 0 saturated heterocycles. The van der Waals surface area contributed by atoms with Gasteiger partial charge in [-0.25, -0.2) is 0 Å². The molecule has 0 bridgehead atoms. The van der Waals surface area contributed by atoms with Crippen molar-refractivity contribution in [3.63, 3.8) is 0 Å². The van der Waals surface area contributed by atoms with Gasteiger partial charge in [-0.15, -0.1) is 0 Å². The van der Waals surface area contributed by atoms with E-state index in [4.69, 9.17) is 0 Å². The average molecular weight is 621 g/mol. The SMILES string of the molecule is Brc1ccc(-c2ccc(N(c3cccc(-c4ccccc4)c3)c3cccc(-c4ccccc4)c3)cc2)cc1.C=C/C=C\C. The Bertz CT molecular complexity index is 1690. The van der Waals surface area contributed by atoms with E-state index in [9.17, 15) is 0 Å². The quantitative estimate of drug-likeness (QED) is 0.161. The van der Waals surface area contributed by atoms with Crippen LogP contribution in [-0.2, 0) is 0 Å². The lowest BCUT2D eigenvalue weighted by Gasteiger charge is -2.27. The third-order valence-corrected chi connectivity index (χ3v) is 7.58. The first-order valence-corrected chi connectivity index (χ1v) is 15.2. The molecule has 0 heterocycles. The van der Waals surface area contributed by atoms with Crippen LogP contribution in [0.3, 0.4) is 0 Å². The fraction of sp³-hybridized carbons (Fsp3) is 0.0244. The Morgan fingerprint density at radius 3 is 1.30 bits per heavy atom. The number of allylic oxidation sites excluding steroid dienone is 3. The minimum Gasteiger partial charge on any atom is -0.310 e. The van der Waals surface area contributed by atoms with Crippen molar-refractivity contribution in [1.29, 1.82) is 0 Å². The third kappa shape index (κ3) is 7.68. The van der Waals surface area contributed by atoms with Crippen molar-refractivity contribution in [2.45, 2.75) is 6.92 Å². The summed E-state index contributed by atoms with van der Waals surface area (Å²) in [5.74, 6) is 0. The van der Waals surface area contributed by atoms with Crippen LogP contribution in [-0.4, -0.2) is 0 Å². The molecule has 0 radical (unpaired) electrons. The standard InChI is InChI=1S/C36H26BrN.C5H8/c37-33-21-17-29(18-22-33)30-19-23-34(24-20-30)38(35-15-7-13-31(25-35)27-9-3-1-4-10-27)36-16-8-14-32(26-36)28-11-5-2-6-12-28;1-3-5-4-2/h1-26H;3-5H,1H2,2H3/b;5-4-. The normalized spacial score (nSPS) is 10.6. The minimum atomic E-state index is 1.08. The Balaban J connectivity index is 0.000000682. The molecule has 0 unspecified atom stereocenters. The number of rotatable bonds is 7. The van der Waals surface area contributed by atoms with Gasteiger partial charge in [0.15, 0.2) is 0 Å². The van der Waals surface area contributed by atoms with Gasteiger partial charge in [0.05, 0.1) is 0 Å². The molecule has 1 nitrogen and oxygen atoms in total. The smallest absolute Gasteiger partial charge is 0.0467 e. The van der Waals surface area contributed by atoms with E-state index in [1.807, 2.05) is 19.1 Å². The van der Waals surface area contributed by atoms with Crippen molar-refractivity contribution in [2.75, 3.05) is 4.90 Å². The molecule has 0 spiro atoms. The first kappa shape index (κ1) is 29.6. The summed E-state index contributed by atoms with van der Waals surface area (Å²) in [6.45, 7) is 5.42. The summed E-state index contributed by atoms with van der Waals surface area (Å²) in [5.41, 5.74) is 10.5. The van der Waals surface area contributed by atoms with E-state index in [2.05, 4.69) is 185 Å². The molecule has 210 valence electrons. The molecule has 0 saturated carbocycles. The molecule has 2 heteroatoms. The predicted octanol–water partition coefficient (Wildman–Crippen LogP) is 12.7. The molecular formula is C41H34BrN. The van der Waals surface area contributed by atoms with E-state index in [0.29, 0.717) is 0 Å². The number of anilines is 3. The topological polar surface area (TPSA) is 3.24 Å². The first-order valence-electron chi connectivity index (χ1n) is 14.4. The first-order chi connectivity index (χ1) is 21.2. The Hall–Kier alpha value is -4.92. The van der Waals surface area contributed by atoms with E-state index >= 15 is 0 Å². The average Bonchev–Trinajstić information content (AvgIpc) is 3.07. The van der Waals surface area contributed by atoms with Crippen LogP contribution in [0.5, 0.6) is 0 Å². The lowest BCUT2D eigenvalue weighted by molar-refractivity contribution is 1.28. The Morgan fingerprint density at radius 1 is 0.465 bits per heavy atom. The van der Waals surface area contributed by atoms with Crippen LogP contribution in [0.25, 0.3) is 33.4 Å². The van der Waals surface area contributed by atoms with Gasteiger partial charge in [-0.2, -0.15) is 0 Å². The molecule has 0 aromatic heterocycles. The molecule has 0 fully saturated rings. The van der Waals surface area contributed by atoms with Gasteiger partial charge in [0.25, 0.3) is 0 Å². The zero-order chi connectivity index (χ0) is 29.9. The second kappa shape index (κ2) is 14.8. The third-order valence-electron chi connectivity index (χ3n) is 7.05. The van der Waals surface area contributed by atoms with Crippen LogP contribution in [0.2, 0.25) is 0 Å². The van der Waals surface area contributed by atoms with Gasteiger partial charge >= 0.3 is 0 Å². The number of hydrogen-bond donors (Lipinski definition) is 0. The molecule has 0 atom stereocenters. The minimum absolute atomic E-state index is 1.08. The fourth-order valence-corrected chi connectivity index (χ4v) is 5.20. The zero-order valence-corrected chi connectivity index (χ0v) is 25.9. The van der Waals surface area contributed by atoms with Crippen LogP contribution in [0.15, 0.2) is 187 Å². The largest absolute Gasteiger partial charge is 0.310 e. The Morgan fingerprint density at radius 2 is 0.884 bits per heavy atom. The Kier molecular flexibility index (Phi) is 10.2. The second-order valence-corrected chi connectivity index (χ2v) is 10.9. The summed E-state index contributed by atoms with van der Waals surface area (Å²) < 4.78 is 1.08. The van der Waals surface area contributed by atoms with Gasteiger partial charge in [-0.05, 0) is 88.8 Å². The number of halogens is 1. The van der Waals surface area contributed by atoms with Crippen LogP contribution in [0.4, 0.5) is 17.1 Å². The van der Waals surface area contributed by atoms with Gasteiger partial charge < -0.3 is 4.90 Å². The highest BCUT2D eigenvalue weighted by Crippen LogP contribution is 2.39. The molecule has 0 N–H and O–H groups in total. The number of benzene rings is 6. The van der Waals surface area contributed by atoms with Gasteiger partial charge in [-0.3, -0.25) is 0 Å². The summed E-state index contributed by atoms with van der Waals surface area (Å²) in [4.78, 5) is 2.34. The van der Waals surface area contributed by atoms with Gasteiger partial charge in [0.1, 0.15) is 0 Å². The maximum absolute atomic E-state index is 3.54. The molecule has 0 amide bonds. The molecule has 6 aromatic rings. The van der Waals surface area contributed by atoms with Crippen molar-refractivity contribution in [2.24, 2.45) is 0 Å². The van der Waals surface area contributed by atoms with Crippen molar-refractivity contribution in [1.82, 2.24) is 0 Å². The summed E-state index contributed by atoms with van der Waals surface area (Å²) in [6.07, 6.45) is 5.58. The van der Waals surface area contributed by atoms with Crippen LogP contribution in [0.1, 0.15) is 6.92 Å². The summed E-state index contributed by atoms with van der Waals surface area (Å²) in [6, 6.07) is 55.9.